The van der Waals surface area contributed by atoms with Gasteiger partial charge in [0.05, 0.1) is 25.8 Å². The Bertz CT molecular complexity index is 438. The van der Waals surface area contributed by atoms with Gasteiger partial charge in [-0.15, -0.1) is 0 Å². The third kappa shape index (κ3) is 3.43. The van der Waals surface area contributed by atoms with Crippen LogP contribution < -0.4 is 5.32 Å². The fourth-order valence-corrected chi connectivity index (χ4v) is 3.77. The smallest absolute Gasteiger partial charge is 0.235 e. The minimum absolute atomic E-state index is 0.0346. The minimum Gasteiger partial charge on any atom is -0.347 e. The van der Waals surface area contributed by atoms with Crippen LogP contribution in [-0.2, 0) is 14.3 Å². The SMILES string of the molecule is N#CC1(NC(=O)CN2CCC3(CC2)OCCO3)CCCCC1. The Morgan fingerprint density at radius 1 is 1.09 bits per heavy atom. The van der Waals surface area contributed by atoms with Crippen molar-refractivity contribution >= 4 is 5.91 Å². The van der Waals surface area contributed by atoms with E-state index in [9.17, 15) is 10.1 Å². The van der Waals surface area contributed by atoms with Gasteiger partial charge in [-0.2, -0.15) is 5.26 Å². The third-order valence-electron chi connectivity index (χ3n) is 5.10. The Morgan fingerprint density at radius 3 is 2.32 bits per heavy atom. The van der Waals surface area contributed by atoms with E-state index in [0.29, 0.717) is 19.8 Å². The molecule has 122 valence electrons. The van der Waals surface area contributed by atoms with E-state index < -0.39 is 11.3 Å². The number of nitriles is 1. The van der Waals surface area contributed by atoms with Gasteiger partial charge in [0.1, 0.15) is 5.54 Å². The van der Waals surface area contributed by atoms with Crippen molar-refractivity contribution in [2.45, 2.75) is 56.3 Å². The molecule has 2 saturated heterocycles. The molecular formula is C16H25N3O3. The fraction of sp³-hybridized carbons (Fsp3) is 0.875. The zero-order valence-electron chi connectivity index (χ0n) is 13.1. The van der Waals surface area contributed by atoms with Crippen molar-refractivity contribution in [2.24, 2.45) is 0 Å². The maximum absolute atomic E-state index is 12.3. The van der Waals surface area contributed by atoms with Crippen molar-refractivity contribution in [1.82, 2.24) is 10.2 Å². The summed E-state index contributed by atoms with van der Waals surface area (Å²) in [6, 6.07) is 2.33. The van der Waals surface area contributed by atoms with E-state index in [0.717, 1.165) is 58.0 Å². The largest absolute Gasteiger partial charge is 0.347 e. The number of amides is 1. The summed E-state index contributed by atoms with van der Waals surface area (Å²) in [5.41, 5.74) is -0.635. The zero-order valence-corrected chi connectivity index (χ0v) is 13.1. The molecule has 2 aliphatic heterocycles. The molecule has 1 N–H and O–H groups in total. The Kier molecular flexibility index (Phi) is 4.67. The van der Waals surface area contributed by atoms with Gasteiger partial charge >= 0.3 is 0 Å². The number of ether oxygens (including phenoxy) is 2. The Labute approximate surface area is 131 Å². The summed E-state index contributed by atoms with van der Waals surface area (Å²) in [6.45, 7) is 3.30. The molecule has 1 aliphatic carbocycles. The lowest BCUT2D eigenvalue weighted by atomic mass is 9.83. The topological polar surface area (TPSA) is 74.6 Å². The van der Waals surface area contributed by atoms with E-state index in [2.05, 4.69) is 16.3 Å². The number of piperidine rings is 1. The van der Waals surface area contributed by atoms with Crippen molar-refractivity contribution in [3.8, 4) is 6.07 Å². The molecule has 0 aromatic heterocycles. The van der Waals surface area contributed by atoms with Gasteiger partial charge in [-0.05, 0) is 12.8 Å². The van der Waals surface area contributed by atoms with Crippen molar-refractivity contribution in [2.75, 3.05) is 32.8 Å². The molecule has 1 spiro atoms. The average Bonchev–Trinajstić information content (AvgIpc) is 2.99. The molecule has 2 heterocycles. The molecule has 22 heavy (non-hydrogen) atoms. The van der Waals surface area contributed by atoms with Crippen LogP contribution in [0.15, 0.2) is 0 Å². The first-order valence-electron chi connectivity index (χ1n) is 8.38. The van der Waals surface area contributed by atoms with Gasteiger partial charge in [-0.1, -0.05) is 19.3 Å². The molecule has 6 nitrogen and oxygen atoms in total. The summed E-state index contributed by atoms with van der Waals surface area (Å²) in [4.78, 5) is 14.4. The molecule has 1 amide bonds. The van der Waals surface area contributed by atoms with Crippen LogP contribution in [0.3, 0.4) is 0 Å². The molecule has 3 rings (SSSR count). The van der Waals surface area contributed by atoms with Crippen LogP contribution in [-0.4, -0.2) is 55.0 Å². The number of hydrogen-bond donors (Lipinski definition) is 1. The second kappa shape index (κ2) is 6.53. The highest BCUT2D eigenvalue weighted by Crippen LogP contribution is 2.31. The second-order valence-corrected chi connectivity index (χ2v) is 6.69. The summed E-state index contributed by atoms with van der Waals surface area (Å²) >= 11 is 0. The minimum atomic E-state index is -0.635. The van der Waals surface area contributed by atoms with Crippen molar-refractivity contribution in [1.29, 1.82) is 5.26 Å². The highest BCUT2D eigenvalue weighted by atomic mass is 16.7. The molecule has 0 atom stereocenters. The van der Waals surface area contributed by atoms with Gasteiger partial charge in [0.15, 0.2) is 5.79 Å². The molecule has 1 saturated carbocycles. The van der Waals surface area contributed by atoms with E-state index >= 15 is 0 Å². The second-order valence-electron chi connectivity index (χ2n) is 6.69. The van der Waals surface area contributed by atoms with E-state index in [1.54, 1.807) is 0 Å². The standard InChI is InChI=1S/C16H25N3O3/c17-13-15(4-2-1-3-5-15)18-14(20)12-19-8-6-16(7-9-19)21-10-11-22-16/h1-12H2,(H,18,20). The number of rotatable bonds is 3. The lowest BCUT2D eigenvalue weighted by molar-refractivity contribution is -0.185. The molecule has 3 fully saturated rings. The van der Waals surface area contributed by atoms with Crippen molar-refractivity contribution in [3.63, 3.8) is 0 Å². The molecule has 3 aliphatic rings. The van der Waals surface area contributed by atoms with Crippen LogP contribution in [0.5, 0.6) is 0 Å². The normalized spacial score (nSPS) is 27.4. The number of carbonyl (C=O) groups is 1. The van der Waals surface area contributed by atoms with Gasteiger partial charge < -0.3 is 14.8 Å². The number of carbonyl (C=O) groups excluding carboxylic acids is 1. The highest BCUT2D eigenvalue weighted by Gasteiger charge is 2.40. The Hall–Kier alpha value is -1.16. The molecule has 0 radical (unpaired) electrons. The number of hydrogen-bond acceptors (Lipinski definition) is 5. The van der Waals surface area contributed by atoms with Gasteiger partial charge in [-0.3, -0.25) is 9.69 Å². The van der Waals surface area contributed by atoms with Gasteiger partial charge in [-0.25, -0.2) is 0 Å². The van der Waals surface area contributed by atoms with Crippen LogP contribution >= 0.6 is 0 Å². The quantitative estimate of drug-likeness (QED) is 0.847. The molecule has 0 aromatic carbocycles. The molecule has 0 aromatic rings. The fourth-order valence-electron chi connectivity index (χ4n) is 3.77. The number of nitrogens with zero attached hydrogens (tertiary/aromatic N) is 2. The Balaban J connectivity index is 1.47. The molecule has 6 heteroatoms. The van der Waals surface area contributed by atoms with Crippen LogP contribution in [0.25, 0.3) is 0 Å². The predicted molar refractivity (Wildman–Crippen MR) is 79.9 cm³/mol. The highest BCUT2D eigenvalue weighted by molar-refractivity contribution is 5.79. The predicted octanol–water partition coefficient (Wildman–Crippen LogP) is 1.17. The average molecular weight is 307 g/mol. The third-order valence-corrected chi connectivity index (χ3v) is 5.10. The first-order valence-corrected chi connectivity index (χ1v) is 8.38. The van der Waals surface area contributed by atoms with E-state index in [1.807, 2.05) is 0 Å². The van der Waals surface area contributed by atoms with Crippen LogP contribution in [0.4, 0.5) is 0 Å². The van der Waals surface area contributed by atoms with Gasteiger partial charge in [0.25, 0.3) is 0 Å². The number of nitrogens with one attached hydrogen (secondary N) is 1. The van der Waals surface area contributed by atoms with Crippen LogP contribution in [0.2, 0.25) is 0 Å². The summed E-state index contributed by atoms with van der Waals surface area (Å²) in [6.07, 6.45) is 6.38. The first-order chi connectivity index (χ1) is 10.7. The Morgan fingerprint density at radius 2 is 1.73 bits per heavy atom. The molecule has 0 bridgehead atoms. The van der Waals surface area contributed by atoms with Crippen molar-refractivity contribution in [3.05, 3.63) is 0 Å². The van der Waals surface area contributed by atoms with Crippen LogP contribution in [0, 0.1) is 11.3 Å². The molecule has 0 unspecified atom stereocenters. The summed E-state index contributed by atoms with van der Waals surface area (Å²) in [7, 11) is 0. The maximum Gasteiger partial charge on any atom is 0.235 e. The summed E-state index contributed by atoms with van der Waals surface area (Å²) in [5, 5.41) is 12.4. The van der Waals surface area contributed by atoms with Crippen LogP contribution in [0.1, 0.15) is 44.9 Å². The van der Waals surface area contributed by atoms with E-state index in [4.69, 9.17) is 9.47 Å². The monoisotopic (exact) mass is 307 g/mol. The summed E-state index contributed by atoms with van der Waals surface area (Å²) in [5.74, 6) is -0.433. The van der Waals surface area contributed by atoms with Gasteiger partial charge in [0.2, 0.25) is 5.91 Å². The molecular weight excluding hydrogens is 282 g/mol. The van der Waals surface area contributed by atoms with E-state index in [-0.39, 0.29) is 5.91 Å². The maximum atomic E-state index is 12.3. The first kappa shape index (κ1) is 15.7. The number of likely N-dealkylation sites (tertiary alicyclic amines) is 1. The van der Waals surface area contributed by atoms with Gasteiger partial charge in [0, 0.05) is 25.9 Å². The zero-order chi connectivity index (χ0) is 15.5. The lowest BCUT2D eigenvalue weighted by Gasteiger charge is -2.38. The van der Waals surface area contributed by atoms with E-state index in [1.165, 1.54) is 0 Å². The lowest BCUT2D eigenvalue weighted by Crippen LogP contribution is -2.53. The summed E-state index contributed by atoms with van der Waals surface area (Å²) < 4.78 is 11.4. The van der Waals surface area contributed by atoms with Crippen molar-refractivity contribution < 1.29 is 14.3 Å².